The van der Waals surface area contributed by atoms with Crippen LogP contribution >= 0.6 is 11.3 Å². The molecule has 3 amide bonds. The molecule has 6 nitrogen and oxygen atoms in total. The molecule has 1 unspecified atom stereocenters. The molecule has 1 saturated heterocycles. The van der Waals surface area contributed by atoms with E-state index in [-0.39, 0.29) is 12.5 Å². The van der Waals surface area contributed by atoms with Gasteiger partial charge in [0, 0.05) is 0 Å². The molecule has 1 aliphatic rings. The first-order chi connectivity index (χ1) is 13.4. The molecule has 1 aliphatic heterocycles. The minimum Gasteiger partial charge on any atom is -0.440 e. The van der Waals surface area contributed by atoms with E-state index in [4.69, 9.17) is 4.42 Å². The van der Waals surface area contributed by atoms with Gasteiger partial charge in [-0.1, -0.05) is 25.1 Å². The molecule has 144 valence electrons. The van der Waals surface area contributed by atoms with Gasteiger partial charge in [-0.2, -0.15) is 0 Å². The summed E-state index contributed by atoms with van der Waals surface area (Å²) in [6, 6.07) is 8.90. The van der Waals surface area contributed by atoms with Crippen LogP contribution < -0.4 is 5.32 Å². The number of urea groups is 1. The zero-order valence-corrected chi connectivity index (χ0v) is 16.2. The van der Waals surface area contributed by atoms with Crippen molar-refractivity contribution in [1.29, 1.82) is 0 Å². The SMILES string of the molecule is CCC1(c2ccc(F)cc2)NC(=O)N(Cc2nc(-c3cccs3)oc2C)C1=O. The van der Waals surface area contributed by atoms with Crippen LogP contribution in [0.5, 0.6) is 0 Å². The van der Waals surface area contributed by atoms with Gasteiger partial charge in [0.25, 0.3) is 5.91 Å². The topological polar surface area (TPSA) is 75.4 Å². The number of imide groups is 1. The molecule has 0 saturated carbocycles. The van der Waals surface area contributed by atoms with E-state index in [1.54, 1.807) is 13.8 Å². The van der Waals surface area contributed by atoms with Crippen molar-refractivity contribution < 1.29 is 18.4 Å². The number of aryl methyl sites for hydroxylation is 1. The van der Waals surface area contributed by atoms with E-state index in [9.17, 15) is 14.0 Å². The van der Waals surface area contributed by atoms with E-state index in [1.165, 1.54) is 35.6 Å². The van der Waals surface area contributed by atoms with E-state index < -0.39 is 17.4 Å². The molecule has 28 heavy (non-hydrogen) atoms. The number of rotatable bonds is 5. The Bertz CT molecular complexity index is 1030. The largest absolute Gasteiger partial charge is 0.440 e. The lowest BCUT2D eigenvalue weighted by Crippen LogP contribution is -2.43. The van der Waals surface area contributed by atoms with Crippen molar-refractivity contribution in [2.24, 2.45) is 0 Å². The van der Waals surface area contributed by atoms with Gasteiger partial charge in [-0.25, -0.2) is 14.2 Å². The maximum atomic E-state index is 13.3. The number of oxazole rings is 1. The number of halogens is 1. The Morgan fingerprint density at radius 3 is 2.64 bits per heavy atom. The normalized spacial score (nSPS) is 19.3. The average Bonchev–Trinajstić information content (AvgIpc) is 3.38. The Labute approximate surface area is 165 Å². The van der Waals surface area contributed by atoms with E-state index in [0.717, 1.165) is 9.78 Å². The lowest BCUT2D eigenvalue weighted by atomic mass is 9.87. The van der Waals surface area contributed by atoms with Crippen LogP contribution in [0.3, 0.4) is 0 Å². The first kappa shape index (κ1) is 18.4. The van der Waals surface area contributed by atoms with Crippen molar-refractivity contribution in [1.82, 2.24) is 15.2 Å². The smallest absolute Gasteiger partial charge is 0.325 e. The van der Waals surface area contributed by atoms with Crippen LogP contribution in [-0.4, -0.2) is 21.8 Å². The highest BCUT2D eigenvalue weighted by atomic mass is 32.1. The van der Waals surface area contributed by atoms with Gasteiger partial charge in [0.05, 0.1) is 11.4 Å². The van der Waals surface area contributed by atoms with Crippen molar-refractivity contribution in [2.45, 2.75) is 32.4 Å². The van der Waals surface area contributed by atoms with Crippen LogP contribution in [0.2, 0.25) is 0 Å². The summed E-state index contributed by atoms with van der Waals surface area (Å²) in [6.07, 6.45) is 0.345. The third kappa shape index (κ3) is 2.90. The van der Waals surface area contributed by atoms with E-state index in [0.29, 0.717) is 29.3 Å². The monoisotopic (exact) mass is 399 g/mol. The van der Waals surface area contributed by atoms with Crippen molar-refractivity contribution in [3.05, 3.63) is 64.6 Å². The highest BCUT2D eigenvalue weighted by molar-refractivity contribution is 7.13. The number of amides is 3. The zero-order chi connectivity index (χ0) is 19.9. The molecule has 0 bridgehead atoms. The highest BCUT2D eigenvalue weighted by Crippen LogP contribution is 2.34. The fourth-order valence-corrected chi connectivity index (χ4v) is 4.02. The molecule has 0 spiro atoms. The van der Waals surface area contributed by atoms with Gasteiger partial charge >= 0.3 is 6.03 Å². The predicted octanol–water partition coefficient (Wildman–Crippen LogP) is 4.21. The summed E-state index contributed by atoms with van der Waals surface area (Å²) < 4.78 is 19.0. The molecule has 1 N–H and O–H groups in total. The van der Waals surface area contributed by atoms with Crippen LogP contribution in [0, 0.1) is 12.7 Å². The number of nitrogens with one attached hydrogen (secondary N) is 1. The Balaban J connectivity index is 1.64. The molecule has 3 heterocycles. The van der Waals surface area contributed by atoms with Gasteiger partial charge < -0.3 is 9.73 Å². The molecule has 0 radical (unpaired) electrons. The summed E-state index contributed by atoms with van der Waals surface area (Å²) in [5.74, 6) is 0.240. The predicted molar refractivity (Wildman–Crippen MR) is 102 cm³/mol. The summed E-state index contributed by atoms with van der Waals surface area (Å²) in [5.41, 5.74) is -0.134. The second kappa shape index (κ2) is 6.87. The summed E-state index contributed by atoms with van der Waals surface area (Å²) in [7, 11) is 0. The number of carbonyl (C=O) groups excluding carboxylic acids is 2. The van der Waals surface area contributed by atoms with Crippen molar-refractivity contribution in [3.63, 3.8) is 0 Å². The number of thiophene rings is 1. The van der Waals surface area contributed by atoms with Gasteiger partial charge in [0.2, 0.25) is 5.89 Å². The molecule has 8 heteroatoms. The van der Waals surface area contributed by atoms with Crippen molar-refractivity contribution in [2.75, 3.05) is 0 Å². The average molecular weight is 399 g/mol. The van der Waals surface area contributed by atoms with Gasteiger partial charge in [-0.05, 0) is 42.5 Å². The van der Waals surface area contributed by atoms with E-state index in [2.05, 4.69) is 10.3 Å². The molecular weight excluding hydrogens is 381 g/mol. The highest BCUT2D eigenvalue weighted by Gasteiger charge is 2.51. The summed E-state index contributed by atoms with van der Waals surface area (Å²) in [5, 5.41) is 4.71. The van der Waals surface area contributed by atoms with Crippen molar-refractivity contribution >= 4 is 23.3 Å². The van der Waals surface area contributed by atoms with Crippen LogP contribution in [0.25, 0.3) is 10.8 Å². The second-order valence-electron chi connectivity index (χ2n) is 6.59. The fraction of sp³-hybridized carbons (Fsp3) is 0.250. The quantitative estimate of drug-likeness (QED) is 0.652. The summed E-state index contributed by atoms with van der Waals surface area (Å²) >= 11 is 1.50. The van der Waals surface area contributed by atoms with Crippen LogP contribution in [0.4, 0.5) is 9.18 Å². The Morgan fingerprint density at radius 1 is 1.25 bits per heavy atom. The number of aromatic nitrogens is 1. The van der Waals surface area contributed by atoms with Crippen molar-refractivity contribution in [3.8, 4) is 10.8 Å². The third-order valence-corrected chi connectivity index (χ3v) is 5.83. The number of benzene rings is 1. The molecule has 1 aromatic carbocycles. The molecule has 4 rings (SSSR count). The fourth-order valence-electron chi connectivity index (χ4n) is 3.37. The Hall–Kier alpha value is -3.00. The van der Waals surface area contributed by atoms with Crippen LogP contribution in [-0.2, 0) is 16.9 Å². The van der Waals surface area contributed by atoms with Gasteiger partial charge in [-0.3, -0.25) is 9.69 Å². The van der Waals surface area contributed by atoms with Gasteiger partial charge in [0.1, 0.15) is 22.8 Å². The minimum atomic E-state index is -1.21. The molecule has 1 atom stereocenters. The lowest BCUT2D eigenvalue weighted by Gasteiger charge is -2.25. The number of hydrogen-bond acceptors (Lipinski definition) is 5. The maximum absolute atomic E-state index is 13.3. The van der Waals surface area contributed by atoms with Gasteiger partial charge in [-0.15, -0.1) is 11.3 Å². The summed E-state index contributed by atoms with van der Waals surface area (Å²) in [4.78, 5) is 32.3. The standard InChI is InChI=1S/C20H18FN3O3S/c1-3-20(13-6-8-14(21)9-7-13)18(25)24(19(26)23-20)11-15-12(2)27-17(22-15)16-5-4-10-28-16/h4-10H,3,11H2,1-2H3,(H,23,26). The Morgan fingerprint density at radius 2 is 2.00 bits per heavy atom. The number of carbonyl (C=O) groups is 2. The van der Waals surface area contributed by atoms with E-state index in [1.807, 2.05) is 17.5 Å². The zero-order valence-electron chi connectivity index (χ0n) is 15.4. The maximum Gasteiger partial charge on any atom is 0.325 e. The first-order valence-corrected chi connectivity index (χ1v) is 9.73. The van der Waals surface area contributed by atoms with Gasteiger partial charge in [0.15, 0.2) is 0 Å². The van der Waals surface area contributed by atoms with Crippen LogP contribution in [0.15, 0.2) is 46.2 Å². The minimum absolute atomic E-state index is 0.00825. The Kier molecular flexibility index (Phi) is 4.50. The number of hydrogen-bond donors (Lipinski definition) is 1. The third-order valence-electron chi connectivity index (χ3n) is 4.98. The van der Waals surface area contributed by atoms with E-state index >= 15 is 0 Å². The lowest BCUT2D eigenvalue weighted by molar-refractivity contribution is -0.132. The molecule has 0 aliphatic carbocycles. The molecule has 3 aromatic rings. The molecule has 2 aromatic heterocycles. The second-order valence-corrected chi connectivity index (χ2v) is 7.53. The van der Waals surface area contributed by atoms with Crippen LogP contribution in [0.1, 0.15) is 30.4 Å². The molecular formula is C20H18FN3O3S. The molecule has 1 fully saturated rings. The number of nitrogens with zero attached hydrogens (tertiary/aromatic N) is 2. The first-order valence-electron chi connectivity index (χ1n) is 8.85. The summed E-state index contributed by atoms with van der Waals surface area (Å²) in [6.45, 7) is 3.57.